The van der Waals surface area contributed by atoms with Gasteiger partial charge in [0.05, 0.1) is 6.04 Å². The van der Waals surface area contributed by atoms with Crippen molar-refractivity contribution in [2.75, 3.05) is 27.2 Å². The van der Waals surface area contributed by atoms with Gasteiger partial charge in [0.15, 0.2) is 0 Å². The number of nitrogens with one attached hydrogen (secondary N) is 1. The summed E-state index contributed by atoms with van der Waals surface area (Å²) >= 11 is 0. The van der Waals surface area contributed by atoms with E-state index in [-0.39, 0.29) is 5.91 Å². The molecule has 0 aromatic heterocycles. The van der Waals surface area contributed by atoms with E-state index in [0.717, 1.165) is 53.0 Å². The van der Waals surface area contributed by atoms with Gasteiger partial charge in [-0.2, -0.15) is 0 Å². The lowest BCUT2D eigenvalue weighted by Gasteiger charge is -2.32. The second-order valence-electron chi connectivity index (χ2n) is 10.6. The summed E-state index contributed by atoms with van der Waals surface area (Å²) in [4.78, 5) is 53.9. The Balaban J connectivity index is 1.43. The van der Waals surface area contributed by atoms with E-state index >= 15 is 0 Å². The number of urea groups is 1. The van der Waals surface area contributed by atoms with Gasteiger partial charge in [-0.1, -0.05) is 49.6 Å². The van der Waals surface area contributed by atoms with E-state index in [2.05, 4.69) is 5.32 Å². The molecule has 2 atom stereocenters. The van der Waals surface area contributed by atoms with Crippen LogP contribution in [0.15, 0.2) is 42.5 Å². The molecular weight excluding hydrogens is 498 g/mol. The smallest absolute Gasteiger partial charge is 0.415 e. The zero-order valence-corrected chi connectivity index (χ0v) is 22.5. The minimum Gasteiger partial charge on any atom is -0.465 e. The first kappa shape index (κ1) is 28.3. The average Bonchev–Trinajstić information content (AvgIpc) is 3.25. The first-order valence-corrected chi connectivity index (χ1v) is 13.4. The van der Waals surface area contributed by atoms with Crippen LogP contribution in [0.25, 0.3) is 11.1 Å². The summed E-state index contributed by atoms with van der Waals surface area (Å²) in [7, 11) is 3.96. The van der Waals surface area contributed by atoms with E-state index in [1.807, 2.05) is 54.2 Å². The lowest BCUT2D eigenvalue weighted by molar-refractivity contribution is -0.109. The van der Waals surface area contributed by atoms with Crippen molar-refractivity contribution in [1.29, 1.82) is 0 Å². The number of imide groups is 1. The van der Waals surface area contributed by atoms with Crippen LogP contribution < -0.4 is 11.1 Å². The minimum atomic E-state index is -1.33. The molecule has 2 unspecified atom stereocenters. The van der Waals surface area contributed by atoms with Gasteiger partial charge in [-0.05, 0) is 61.3 Å². The van der Waals surface area contributed by atoms with Crippen LogP contribution in [-0.2, 0) is 11.3 Å². The normalized spacial score (nSPS) is 17.0. The monoisotopic (exact) mass is 535 g/mol. The molecular formula is C29H37N5O5. The van der Waals surface area contributed by atoms with Gasteiger partial charge in [0.2, 0.25) is 0 Å². The van der Waals surface area contributed by atoms with Crippen molar-refractivity contribution in [2.24, 2.45) is 5.73 Å². The van der Waals surface area contributed by atoms with Crippen molar-refractivity contribution in [3.63, 3.8) is 0 Å². The van der Waals surface area contributed by atoms with Crippen LogP contribution >= 0.6 is 0 Å². The second-order valence-corrected chi connectivity index (χ2v) is 10.6. The Morgan fingerprint density at radius 2 is 1.77 bits per heavy atom. The number of hydrogen-bond acceptors (Lipinski definition) is 6. The lowest BCUT2D eigenvalue weighted by Crippen LogP contribution is -2.54. The topological polar surface area (TPSA) is 136 Å². The number of carboxylic acid groups (broad SMARTS) is 1. The van der Waals surface area contributed by atoms with E-state index < -0.39 is 30.2 Å². The molecule has 1 fully saturated rings. The molecule has 39 heavy (non-hydrogen) atoms. The Labute approximate surface area is 228 Å². The van der Waals surface area contributed by atoms with Gasteiger partial charge < -0.3 is 30.8 Å². The van der Waals surface area contributed by atoms with Crippen LogP contribution in [0.1, 0.15) is 59.6 Å². The van der Waals surface area contributed by atoms with Crippen molar-refractivity contribution in [3.8, 4) is 11.1 Å². The summed E-state index contributed by atoms with van der Waals surface area (Å²) in [5, 5.41) is 12.2. The Hall–Kier alpha value is -3.76. The van der Waals surface area contributed by atoms with Crippen LogP contribution in [0.3, 0.4) is 0 Å². The first-order chi connectivity index (χ1) is 18.7. The summed E-state index contributed by atoms with van der Waals surface area (Å²) in [6, 6.07) is 9.98. The summed E-state index contributed by atoms with van der Waals surface area (Å²) in [5.41, 5.74) is 10.6. The zero-order chi connectivity index (χ0) is 28.1. The molecule has 208 valence electrons. The molecule has 2 aliphatic rings. The molecule has 1 aliphatic heterocycles. The Bertz CT molecular complexity index is 1210. The third-order valence-corrected chi connectivity index (χ3v) is 7.62. The molecule has 1 heterocycles. The van der Waals surface area contributed by atoms with Gasteiger partial charge in [0.25, 0.3) is 5.91 Å². The molecule has 4 amide bonds. The number of nitrogens with two attached hydrogens (primary N) is 1. The molecule has 0 radical (unpaired) electrons. The maximum atomic E-state index is 12.8. The average molecular weight is 536 g/mol. The zero-order valence-electron chi connectivity index (χ0n) is 22.5. The molecule has 1 aliphatic carbocycles. The fourth-order valence-electron chi connectivity index (χ4n) is 5.34. The van der Waals surface area contributed by atoms with Gasteiger partial charge in [0, 0.05) is 31.2 Å². The number of hydrogen-bond donors (Lipinski definition) is 3. The van der Waals surface area contributed by atoms with Gasteiger partial charge in [0.1, 0.15) is 12.3 Å². The Morgan fingerprint density at radius 1 is 1.10 bits per heavy atom. The fraction of sp³-hybridized carbons (Fsp3) is 0.448. The molecule has 10 heteroatoms. The number of nitrogens with zero attached hydrogens (tertiary/aromatic N) is 3. The van der Waals surface area contributed by atoms with Crippen LogP contribution in [0.5, 0.6) is 0 Å². The molecule has 4 rings (SSSR count). The Morgan fingerprint density at radius 3 is 2.38 bits per heavy atom. The maximum absolute atomic E-state index is 12.8. The first-order valence-electron chi connectivity index (χ1n) is 13.4. The van der Waals surface area contributed by atoms with E-state index in [4.69, 9.17) is 5.73 Å². The van der Waals surface area contributed by atoms with E-state index in [0.29, 0.717) is 37.8 Å². The third-order valence-electron chi connectivity index (χ3n) is 7.62. The molecule has 0 spiro atoms. The highest BCUT2D eigenvalue weighted by Crippen LogP contribution is 2.29. The molecule has 1 saturated carbocycles. The standard InChI is InChI=1S/C29H37N5O5/c1-32(2)14-15-33-17-22-16-21(12-13-24(22)27(33)36)19-8-10-20(11-9-19)26(30)25(18-35)31-28(37)34(29(38)39)23-6-4-3-5-7-23/h8-13,16,18,23,25-26H,3-7,14-15,17,30H2,1-2H3,(H,31,37)(H,38,39). The van der Waals surface area contributed by atoms with Crippen molar-refractivity contribution in [2.45, 2.75) is 56.8 Å². The maximum Gasteiger partial charge on any atom is 0.415 e. The van der Waals surface area contributed by atoms with E-state index in [9.17, 15) is 24.3 Å². The highest BCUT2D eigenvalue weighted by atomic mass is 16.4. The number of carbonyl (C=O) groups excluding carboxylic acids is 3. The van der Waals surface area contributed by atoms with Gasteiger partial charge in [-0.25, -0.2) is 14.5 Å². The fourth-order valence-corrected chi connectivity index (χ4v) is 5.34. The van der Waals surface area contributed by atoms with Gasteiger partial charge >= 0.3 is 12.1 Å². The summed E-state index contributed by atoms with van der Waals surface area (Å²) in [6.07, 6.45) is 3.17. The summed E-state index contributed by atoms with van der Waals surface area (Å²) < 4.78 is 0. The SMILES string of the molecule is CN(C)CCN1Cc2cc(-c3ccc(C(N)C(C=O)NC(=O)N(C(=O)O)C4CCCCC4)cc3)ccc2C1=O. The highest BCUT2D eigenvalue weighted by Gasteiger charge is 2.33. The molecule has 4 N–H and O–H groups in total. The number of rotatable bonds is 9. The third kappa shape index (κ3) is 6.46. The highest BCUT2D eigenvalue weighted by molar-refractivity contribution is 5.99. The molecule has 10 nitrogen and oxygen atoms in total. The predicted octanol–water partition coefficient (Wildman–Crippen LogP) is 3.46. The number of benzene rings is 2. The van der Waals surface area contributed by atoms with Gasteiger partial charge in [-0.3, -0.25) is 4.79 Å². The molecule has 2 aromatic rings. The Kier molecular flexibility index (Phi) is 8.98. The number of amides is 4. The van der Waals surface area contributed by atoms with E-state index in [1.165, 1.54) is 0 Å². The van der Waals surface area contributed by atoms with Crippen LogP contribution in [0, 0.1) is 0 Å². The molecule has 0 saturated heterocycles. The van der Waals surface area contributed by atoms with Crippen molar-refractivity contribution in [3.05, 3.63) is 59.2 Å². The van der Waals surface area contributed by atoms with E-state index in [1.54, 1.807) is 12.1 Å². The number of fused-ring (bicyclic) bond motifs is 1. The van der Waals surface area contributed by atoms with Crippen LogP contribution in [0.2, 0.25) is 0 Å². The molecule has 2 aromatic carbocycles. The quantitative estimate of drug-likeness (QED) is 0.418. The number of aldehydes is 1. The summed E-state index contributed by atoms with van der Waals surface area (Å²) in [5.74, 6) is 0.0478. The largest absolute Gasteiger partial charge is 0.465 e. The van der Waals surface area contributed by atoms with Crippen molar-refractivity contribution >= 4 is 24.3 Å². The lowest BCUT2D eigenvalue weighted by atomic mass is 9.94. The van der Waals surface area contributed by atoms with Crippen molar-refractivity contribution < 1.29 is 24.3 Å². The number of likely N-dealkylation sites (N-methyl/N-ethyl adjacent to an activating group) is 1. The minimum absolute atomic E-state index is 0.0478. The number of carbonyl (C=O) groups is 4. The van der Waals surface area contributed by atoms with Crippen molar-refractivity contribution in [1.82, 2.24) is 20.0 Å². The molecule has 0 bridgehead atoms. The second kappa shape index (κ2) is 12.4. The summed E-state index contributed by atoms with van der Waals surface area (Å²) in [6.45, 7) is 2.04. The van der Waals surface area contributed by atoms with Gasteiger partial charge in [-0.15, -0.1) is 0 Å². The van der Waals surface area contributed by atoms with Crippen LogP contribution in [-0.4, -0.2) is 83.4 Å². The predicted molar refractivity (Wildman–Crippen MR) is 147 cm³/mol. The van der Waals surface area contributed by atoms with Crippen LogP contribution in [0.4, 0.5) is 9.59 Å².